The van der Waals surface area contributed by atoms with Crippen LogP contribution in [0, 0.1) is 16.7 Å². The van der Waals surface area contributed by atoms with Crippen LogP contribution in [0.15, 0.2) is 0 Å². The van der Waals surface area contributed by atoms with E-state index in [2.05, 4.69) is 33.0 Å². The van der Waals surface area contributed by atoms with Crippen molar-refractivity contribution in [3.05, 3.63) is 0 Å². The van der Waals surface area contributed by atoms with Crippen LogP contribution in [0.4, 0.5) is 0 Å². The molecule has 1 N–H and O–H groups in total. The first kappa shape index (κ1) is 14.3. The molecule has 2 rings (SSSR count). The minimum atomic E-state index is 0.480. The summed E-state index contributed by atoms with van der Waals surface area (Å²) < 4.78 is 5.69. The zero-order valence-corrected chi connectivity index (χ0v) is 12.7. The van der Waals surface area contributed by atoms with Gasteiger partial charge in [0.2, 0.25) is 0 Å². The molecule has 0 bridgehead atoms. The van der Waals surface area contributed by atoms with Gasteiger partial charge < -0.3 is 10.1 Å². The molecule has 0 unspecified atom stereocenters. The topological polar surface area (TPSA) is 21.3 Å². The molecule has 0 aromatic rings. The average Bonchev–Trinajstić information content (AvgIpc) is 2.95. The highest BCUT2D eigenvalue weighted by molar-refractivity contribution is 4.92. The monoisotopic (exact) mass is 253 g/mol. The van der Waals surface area contributed by atoms with Crippen LogP contribution in [0.5, 0.6) is 0 Å². The Morgan fingerprint density at radius 2 is 1.67 bits per heavy atom. The van der Waals surface area contributed by atoms with E-state index in [4.69, 9.17) is 4.74 Å². The third kappa shape index (κ3) is 4.89. The molecule has 2 aliphatic rings. The van der Waals surface area contributed by atoms with Crippen molar-refractivity contribution in [1.82, 2.24) is 5.32 Å². The fourth-order valence-electron chi connectivity index (χ4n) is 3.86. The van der Waals surface area contributed by atoms with Crippen LogP contribution in [-0.4, -0.2) is 25.8 Å². The minimum absolute atomic E-state index is 0.480. The second-order valence-electron chi connectivity index (χ2n) is 8.08. The normalized spacial score (nSPS) is 27.3. The van der Waals surface area contributed by atoms with Gasteiger partial charge in [0, 0.05) is 19.2 Å². The summed E-state index contributed by atoms with van der Waals surface area (Å²) in [5.74, 6) is 0.887. The molecule has 0 amide bonds. The van der Waals surface area contributed by atoms with E-state index >= 15 is 0 Å². The average molecular weight is 253 g/mol. The van der Waals surface area contributed by atoms with Crippen molar-refractivity contribution in [1.29, 1.82) is 0 Å². The van der Waals surface area contributed by atoms with Gasteiger partial charge in [0.05, 0.1) is 6.61 Å². The zero-order valence-electron chi connectivity index (χ0n) is 12.7. The molecule has 0 heterocycles. The Balaban J connectivity index is 1.64. The van der Waals surface area contributed by atoms with Gasteiger partial charge in [0.1, 0.15) is 0 Å². The number of hydrogen-bond donors (Lipinski definition) is 1. The zero-order chi connectivity index (χ0) is 13.2. The third-order valence-corrected chi connectivity index (χ3v) is 4.28. The van der Waals surface area contributed by atoms with Crippen molar-refractivity contribution in [2.24, 2.45) is 16.7 Å². The second kappa shape index (κ2) is 5.50. The predicted molar refractivity (Wildman–Crippen MR) is 76.7 cm³/mol. The van der Waals surface area contributed by atoms with Crippen molar-refractivity contribution in [3.63, 3.8) is 0 Å². The molecule has 0 saturated heterocycles. The molecule has 2 heteroatoms. The molecular weight excluding hydrogens is 222 g/mol. The Kier molecular flexibility index (Phi) is 4.38. The lowest BCUT2D eigenvalue weighted by Gasteiger charge is -2.45. The summed E-state index contributed by atoms with van der Waals surface area (Å²) in [5, 5.41) is 3.70. The molecule has 2 fully saturated rings. The third-order valence-electron chi connectivity index (χ3n) is 4.28. The van der Waals surface area contributed by atoms with Crippen LogP contribution in [0.25, 0.3) is 0 Å². The van der Waals surface area contributed by atoms with E-state index in [1.807, 2.05) is 0 Å². The molecule has 0 atom stereocenters. The number of ether oxygens (including phenoxy) is 1. The SMILES string of the molecule is CC1(C)CC(NCCOCC2CC2)CC(C)(C)C1. The highest BCUT2D eigenvalue weighted by atomic mass is 16.5. The lowest BCUT2D eigenvalue weighted by molar-refractivity contribution is 0.0754. The summed E-state index contributed by atoms with van der Waals surface area (Å²) in [7, 11) is 0. The second-order valence-corrected chi connectivity index (χ2v) is 8.08. The van der Waals surface area contributed by atoms with Crippen LogP contribution in [0.3, 0.4) is 0 Å². The molecule has 0 radical (unpaired) electrons. The first-order valence-corrected chi connectivity index (χ1v) is 7.68. The highest BCUT2D eigenvalue weighted by Gasteiger charge is 2.37. The summed E-state index contributed by atoms with van der Waals surface area (Å²) in [5.41, 5.74) is 0.961. The van der Waals surface area contributed by atoms with Crippen molar-refractivity contribution in [2.45, 2.75) is 65.8 Å². The molecule has 18 heavy (non-hydrogen) atoms. The lowest BCUT2D eigenvalue weighted by Crippen LogP contribution is -2.44. The Morgan fingerprint density at radius 3 is 2.22 bits per heavy atom. The number of hydrogen-bond acceptors (Lipinski definition) is 2. The van der Waals surface area contributed by atoms with E-state index in [1.165, 1.54) is 32.1 Å². The van der Waals surface area contributed by atoms with Gasteiger partial charge in [0.15, 0.2) is 0 Å². The van der Waals surface area contributed by atoms with E-state index in [-0.39, 0.29) is 0 Å². The molecule has 0 aromatic heterocycles. The first-order valence-electron chi connectivity index (χ1n) is 7.68. The van der Waals surface area contributed by atoms with E-state index in [0.29, 0.717) is 16.9 Å². The molecule has 2 nitrogen and oxygen atoms in total. The van der Waals surface area contributed by atoms with Gasteiger partial charge in [-0.2, -0.15) is 0 Å². The molecule has 0 aromatic carbocycles. The van der Waals surface area contributed by atoms with Crippen molar-refractivity contribution < 1.29 is 4.74 Å². The quantitative estimate of drug-likeness (QED) is 0.730. The Bertz CT molecular complexity index is 252. The van der Waals surface area contributed by atoms with Gasteiger partial charge in [-0.15, -0.1) is 0 Å². The Morgan fingerprint density at radius 1 is 1.06 bits per heavy atom. The summed E-state index contributed by atoms with van der Waals surface area (Å²) in [6, 6.07) is 0.674. The van der Waals surface area contributed by atoms with Crippen molar-refractivity contribution in [3.8, 4) is 0 Å². The van der Waals surface area contributed by atoms with Gasteiger partial charge in [-0.05, 0) is 48.9 Å². The lowest BCUT2D eigenvalue weighted by atomic mass is 9.63. The minimum Gasteiger partial charge on any atom is -0.380 e. The maximum atomic E-state index is 5.69. The highest BCUT2D eigenvalue weighted by Crippen LogP contribution is 2.45. The van der Waals surface area contributed by atoms with Crippen LogP contribution < -0.4 is 5.32 Å². The van der Waals surface area contributed by atoms with E-state index in [1.54, 1.807) is 0 Å². The van der Waals surface area contributed by atoms with E-state index in [0.717, 1.165) is 25.7 Å². The van der Waals surface area contributed by atoms with Crippen molar-refractivity contribution in [2.75, 3.05) is 19.8 Å². The van der Waals surface area contributed by atoms with E-state index < -0.39 is 0 Å². The predicted octanol–water partition coefficient (Wildman–Crippen LogP) is 3.61. The summed E-state index contributed by atoms with van der Waals surface area (Å²) in [6.07, 6.45) is 6.73. The maximum Gasteiger partial charge on any atom is 0.0591 e. The van der Waals surface area contributed by atoms with Gasteiger partial charge >= 0.3 is 0 Å². The molecule has 0 spiro atoms. The fourth-order valence-corrected chi connectivity index (χ4v) is 3.86. The molecule has 0 aliphatic heterocycles. The van der Waals surface area contributed by atoms with Gasteiger partial charge in [-0.25, -0.2) is 0 Å². The maximum absolute atomic E-state index is 5.69. The molecule has 2 aliphatic carbocycles. The Hall–Kier alpha value is -0.0800. The first-order chi connectivity index (χ1) is 8.36. The summed E-state index contributed by atoms with van der Waals surface area (Å²) in [6.45, 7) is 12.5. The molecule has 106 valence electrons. The number of rotatable bonds is 6. The van der Waals surface area contributed by atoms with Crippen LogP contribution in [0.2, 0.25) is 0 Å². The van der Waals surface area contributed by atoms with Crippen LogP contribution >= 0.6 is 0 Å². The molecule has 2 saturated carbocycles. The summed E-state index contributed by atoms with van der Waals surface area (Å²) in [4.78, 5) is 0. The standard InChI is InChI=1S/C16H31NO/c1-15(2)9-14(10-16(3,4)12-15)17-7-8-18-11-13-5-6-13/h13-14,17H,5-12H2,1-4H3. The van der Waals surface area contributed by atoms with Gasteiger partial charge in [0.25, 0.3) is 0 Å². The van der Waals surface area contributed by atoms with Crippen molar-refractivity contribution >= 4 is 0 Å². The van der Waals surface area contributed by atoms with Gasteiger partial charge in [-0.3, -0.25) is 0 Å². The summed E-state index contributed by atoms with van der Waals surface area (Å²) >= 11 is 0. The molecular formula is C16H31NO. The number of nitrogens with one attached hydrogen (secondary N) is 1. The Labute approximate surface area is 113 Å². The van der Waals surface area contributed by atoms with Gasteiger partial charge in [-0.1, -0.05) is 27.7 Å². The fraction of sp³-hybridized carbons (Fsp3) is 1.00. The van der Waals surface area contributed by atoms with Crippen LogP contribution in [-0.2, 0) is 4.74 Å². The van der Waals surface area contributed by atoms with Crippen LogP contribution in [0.1, 0.15) is 59.8 Å². The largest absolute Gasteiger partial charge is 0.380 e. The smallest absolute Gasteiger partial charge is 0.0591 e. The van der Waals surface area contributed by atoms with E-state index in [9.17, 15) is 0 Å².